The average molecular weight is 494 g/mol. The van der Waals surface area contributed by atoms with Crippen LogP contribution in [-0.4, -0.2) is 26.0 Å². The summed E-state index contributed by atoms with van der Waals surface area (Å²) in [5.41, 5.74) is 4.08. The maximum atomic E-state index is 13.8. The summed E-state index contributed by atoms with van der Waals surface area (Å²) >= 11 is 0. The lowest BCUT2D eigenvalue weighted by molar-refractivity contribution is 0.0697. The molecule has 0 unspecified atom stereocenters. The predicted molar refractivity (Wildman–Crippen MR) is 142 cm³/mol. The lowest BCUT2D eigenvalue weighted by atomic mass is 10.0. The molecule has 0 spiro atoms. The zero-order chi connectivity index (χ0) is 25.3. The van der Waals surface area contributed by atoms with E-state index in [4.69, 9.17) is 5.11 Å². The predicted octanol–water partition coefficient (Wildman–Crippen LogP) is 6.51. The SMILES string of the molecule is CCCCc1ccc(S(=O)(=O)N(CCCC)c2ccccc2CCc2ccc(C(=O)O)cc2)cc1. The minimum Gasteiger partial charge on any atom is -0.478 e. The van der Waals surface area contributed by atoms with Gasteiger partial charge >= 0.3 is 5.97 Å². The van der Waals surface area contributed by atoms with E-state index >= 15 is 0 Å². The van der Waals surface area contributed by atoms with Gasteiger partial charge in [0.05, 0.1) is 16.1 Å². The van der Waals surface area contributed by atoms with Crippen LogP contribution in [0, 0.1) is 0 Å². The number of nitrogens with zero attached hydrogens (tertiary/aromatic N) is 1. The number of sulfonamides is 1. The Morgan fingerprint density at radius 3 is 2.00 bits per heavy atom. The van der Waals surface area contributed by atoms with Crippen molar-refractivity contribution in [2.75, 3.05) is 10.8 Å². The van der Waals surface area contributed by atoms with Crippen molar-refractivity contribution in [1.82, 2.24) is 0 Å². The molecule has 35 heavy (non-hydrogen) atoms. The van der Waals surface area contributed by atoms with Crippen molar-refractivity contribution in [2.24, 2.45) is 0 Å². The van der Waals surface area contributed by atoms with Crippen LogP contribution in [0.2, 0.25) is 0 Å². The highest BCUT2D eigenvalue weighted by Gasteiger charge is 2.26. The first-order chi connectivity index (χ1) is 16.9. The minimum atomic E-state index is -3.72. The summed E-state index contributed by atoms with van der Waals surface area (Å²) in [5.74, 6) is -0.947. The summed E-state index contributed by atoms with van der Waals surface area (Å²) < 4.78 is 29.1. The van der Waals surface area contributed by atoms with Gasteiger partial charge in [-0.3, -0.25) is 4.31 Å². The Morgan fingerprint density at radius 1 is 0.771 bits per heavy atom. The van der Waals surface area contributed by atoms with E-state index in [0.29, 0.717) is 30.0 Å². The lowest BCUT2D eigenvalue weighted by Crippen LogP contribution is -2.33. The first-order valence-corrected chi connectivity index (χ1v) is 13.8. The van der Waals surface area contributed by atoms with Gasteiger partial charge in [0.1, 0.15) is 0 Å². The molecular weight excluding hydrogens is 458 g/mol. The number of aromatic carboxylic acids is 1. The molecule has 0 saturated carbocycles. The zero-order valence-corrected chi connectivity index (χ0v) is 21.4. The number of rotatable bonds is 13. The van der Waals surface area contributed by atoms with Crippen LogP contribution in [0.5, 0.6) is 0 Å². The van der Waals surface area contributed by atoms with Crippen LogP contribution in [-0.2, 0) is 29.3 Å². The summed E-state index contributed by atoms with van der Waals surface area (Å²) in [5, 5.41) is 9.11. The Bertz CT molecular complexity index is 1200. The summed E-state index contributed by atoms with van der Waals surface area (Å²) in [6.45, 7) is 4.62. The Kier molecular flexibility index (Phi) is 9.49. The zero-order valence-electron chi connectivity index (χ0n) is 20.6. The molecule has 0 aliphatic carbocycles. The smallest absolute Gasteiger partial charge is 0.335 e. The first kappa shape index (κ1) is 26.5. The molecule has 0 amide bonds. The number of para-hydroxylation sites is 1. The van der Waals surface area contributed by atoms with E-state index in [9.17, 15) is 13.2 Å². The van der Waals surface area contributed by atoms with Crippen molar-refractivity contribution in [3.05, 3.63) is 95.1 Å². The molecule has 0 fully saturated rings. The number of hydrogen-bond donors (Lipinski definition) is 1. The van der Waals surface area contributed by atoms with Gasteiger partial charge in [0.25, 0.3) is 10.0 Å². The molecule has 3 rings (SSSR count). The first-order valence-electron chi connectivity index (χ1n) is 12.4. The van der Waals surface area contributed by atoms with Crippen LogP contribution in [0.15, 0.2) is 77.7 Å². The number of hydrogen-bond acceptors (Lipinski definition) is 3. The molecule has 0 radical (unpaired) electrons. The number of aryl methyl sites for hydroxylation is 3. The molecule has 0 aliphatic rings. The Balaban J connectivity index is 1.87. The molecule has 1 N–H and O–H groups in total. The topological polar surface area (TPSA) is 74.7 Å². The lowest BCUT2D eigenvalue weighted by Gasteiger charge is -2.27. The Hall–Kier alpha value is -3.12. The van der Waals surface area contributed by atoms with Gasteiger partial charge in [0, 0.05) is 6.54 Å². The molecule has 0 aliphatic heterocycles. The third-order valence-electron chi connectivity index (χ3n) is 6.19. The van der Waals surface area contributed by atoms with Crippen molar-refractivity contribution in [2.45, 2.75) is 63.7 Å². The summed E-state index contributed by atoms with van der Waals surface area (Å²) in [6.07, 6.45) is 6.12. The molecular formula is C29H35NO4S. The summed E-state index contributed by atoms with van der Waals surface area (Å²) in [4.78, 5) is 11.4. The van der Waals surface area contributed by atoms with E-state index in [0.717, 1.165) is 48.8 Å². The molecule has 0 saturated heterocycles. The van der Waals surface area contributed by atoms with Crippen molar-refractivity contribution < 1.29 is 18.3 Å². The number of anilines is 1. The van der Waals surface area contributed by atoms with Crippen LogP contribution in [0.25, 0.3) is 0 Å². The fourth-order valence-corrected chi connectivity index (χ4v) is 5.61. The quantitative estimate of drug-likeness (QED) is 0.295. The third-order valence-corrected chi connectivity index (χ3v) is 8.02. The van der Waals surface area contributed by atoms with E-state index in [1.54, 1.807) is 28.6 Å². The van der Waals surface area contributed by atoms with Gasteiger partial charge < -0.3 is 5.11 Å². The number of carbonyl (C=O) groups is 1. The van der Waals surface area contributed by atoms with Crippen LogP contribution in [0.1, 0.15) is 66.6 Å². The molecule has 186 valence electrons. The van der Waals surface area contributed by atoms with Crippen molar-refractivity contribution in [3.63, 3.8) is 0 Å². The average Bonchev–Trinajstić information content (AvgIpc) is 2.87. The van der Waals surface area contributed by atoms with Gasteiger partial charge in [0.2, 0.25) is 0 Å². The second kappa shape index (κ2) is 12.5. The highest BCUT2D eigenvalue weighted by molar-refractivity contribution is 7.92. The maximum absolute atomic E-state index is 13.8. The molecule has 0 atom stereocenters. The second-order valence-corrected chi connectivity index (χ2v) is 10.7. The van der Waals surface area contributed by atoms with Gasteiger partial charge in [-0.25, -0.2) is 13.2 Å². The van der Waals surface area contributed by atoms with Crippen molar-refractivity contribution in [3.8, 4) is 0 Å². The van der Waals surface area contributed by atoms with E-state index in [1.165, 1.54) is 0 Å². The van der Waals surface area contributed by atoms with E-state index in [-0.39, 0.29) is 5.56 Å². The molecule has 0 bridgehead atoms. The Labute approximate surface area is 209 Å². The van der Waals surface area contributed by atoms with Gasteiger partial charge in [-0.1, -0.05) is 69.2 Å². The van der Waals surface area contributed by atoms with Crippen molar-refractivity contribution >= 4 is 21.7 Å². The van der Waals surface area contributed by atoms with E-state index in [1.807, 2.05) is 48.5 Å². The normalized spacial score (nSPS) is 11.4. The van der Waals surface area contributed by atoms with Gasteiger partial charge in [-0.15, -0.1) is 0 Å². The number of unbranched alkanes of at least 4 members (excludes halogenated alkanes) is 2. The highest BCUT2D eigenvalue weighted by Crippen LogP contribution is 2.29. The number of carboxylic acids is 1. The van der Waals surface area contributed by atoms with E-state index < -0.39 is 16.0 Å². The minimum absolute atomic E-state index is 0.256. The van der Waals surface area contributed by atoms with Crippen LogP contribution >= 0.6 is 0 Å². The third kappa shape index (κ3) is 6.95. The summed E-state index contributed by atoms with van der Waals surface area (Å²) in [7, 11) is -3.72. The highest BCUT2D eigenvalue weighted by atomic mass is 32.2. The van der Waals surface area contributed by atoms with Crippen LogP contribution < -0.4 is 4.31 Å². The molecule has 6 heteroatoms. The molecule has 0 heterocycles. The molecule has 3 aromatic rings. The van der Waals surface area contributed by atoms with E-state index in [2.05, 4.69) is 13.8 Å². The fraction of sp³-hybridized carbons (Fsp3) is 0.345. The van der Waals surface area contributed by atoms with Crippen LogP contribution in [0.3, 0.4) is 0 Å². The largest absolute Gasteiger partial charge is 0.478 e. The van der Waals surface area contributed by atoms with Crippen molar-refractivity contribution in [1.29, 1.82) is 0 Å². The second-order valence-electron chi connectivity index (χ2n) is 8.81. The van der Waals surface area contributed by atoms with Gasteiger partial charge in [-0.05, 0) is 79.1 Å². The molecule has 0 aromatic heterocycles. The molecule has 3 aromatic carbocycles. The molecule has 5 nitrogen and oxygen atoms in total. The number of carboxylic acid groups (broad SMARTS) is 1. The number of benzene rings is 3. The Morgan fingerprint density at radius 2 is 1.37 bits per heavy atom. The summed E-state index contributed by atoms with van der Waals surface area (Å²) in [6, 6.07) is 21.8. The maximum Gasteiger partial charge on any atom is 0.335 e. The van der Waals surface area contributed by atoms with Crippen LogP contribution in [0.4, 0.5) is 5.69 Å². The van der Waals surface area contributed by atoms with Gasteiger partial charge in [-0.2, -0.15) is 0 Å². The standard InChI is InChI=1S/C29H35NO4S/c1-3-5-9-23-15-20-27(21-16-23)35(33,34)30(22-6-4-2)28-11-8-7-10-25(28)17-12-24-13-18-26(19-14-24)29(31)32/h7-8,10-11,13-16,18-21H,3-6,9,12,17,22H2,1-2H3,(H,31,32). The fourth-order valence-electron chi connectivity index (χ4n) is 4.07. The monoisotopic (exact) mass is 493 g/mol. The van der Waals surface area contributed by atoms with Gasteiger partial charge in [0.15, 0.2) is 0 Å².